The Morgan fingerprint density at radius 2 is 2.11 bits per heavy atom. The Hall–Kier alpha value is -1.13. The molecule has 2 heterocycles. The Bertz CT molecular complexity index is 389. The quantitative estimate of drug-likeness (QED) is 0.882. The Morgan fingerprint density at radius 1 is 1.39 bits per heavy atom. The number of hydrogen-bond donors (Lipinski definition) is 1. The predicted octanol–water partition coefficient (Wildman–Crippen LogP) is 1.71. The fraction of sp³-hybridized carbons (Fsp3) is 0.643. The molecule has 0 aliphatic carbocycles. The van der Waals surface area contributed by atoms with E-state index in [-0.39, 0.29) is 0 Å². The van der Waals surface area contributed by atoms with Crippen LogP contribution in [0.25, 0.3) is 0 Å². The van der Waals surface area contributed by atoms with E-state index in [4.69, 9.17) is 10.5 Å². The van der Waals surface area contributed by atoms with Crippen molar-refractivity contribution in [1.29, 1.82) is 0 Å². The summed E-state index contributed by atoms with van der Waals surface area (Å²) in [6.45, 7) is 5.38. The molecule has 4 nitrogen and oxygen atoms in total. The highest BCUT2D eigenvalue weighted by Crippen LogP contribution is 2.21. The van der Waals surface area contributed by atoms with Gasteiger partial charge in [-0.2, -0.15) is 0 Å². The molecular weight excluding hydrogens is 226 g/mol. The summed E-state index contributed by atoms with van der Waals surface area (Å²) < 4.78 is 5.40. The predicted molar refractivity (Wildman–Crippen MR) is 73.7 cm³/mol. The van der Waals surface area contributed by atoms with Crippen LogP contribution in [-0.2, 0) is 11.3 Å². The molecule has 0 amide bonds. The lowest BCUT2D eigenvalue weighted by atomic mass is 10.00. The molecule has 0 aromatic carbocycles. The van der Waals surface area contributed by atoms with Crippen LogP contribution in [0.1, 0.15) is 24.1 Å². The van der Waals surface area contributed by atoms with E-state index in [0.29, 0.717) is 12.5 Å². The number of aryl methyl sites for hydroxylation is 1. The average Bonchev–Trinajstić information content (AvgIpc) is 2.40. The van der Waals surface area contributed by atoms with Gasteiger partial charge in [0, 0.05) is 44.6 Å². The average molecular weight is 249 g/mol. The van der Waals surface area contributed by atoms with Crippen molar-refractivity contribution in [1.82, 2.24) is 4.98 Å². The Morgan fingerprint density at radius 3 is 2.78 bits per heavy atom. The molecule has 1 aliphatic rings. The highest BCUT2D eigenvalue weighted by atomic mass is 16.5. The summed E-state index contributed by atoms with van der Waals surface area (Å²) in [4.78, 5) is 6.87. The molecule has 0 radical (unpaired) electrons. The van der Waals surface area contributed by atoms with Crippen LogP contribution in [0.3, 0.4) is 0 Å². The molecule has 1 fully saturated rings. The summed E-state index contributed by atoms with van der Waals surface area (Å²) >= 11 is 0. The summed E-state index contributed by atoms with van der Waals surface area (Å²) in [6.07, 6.45) is 2.29. The number of ether oxygens (including phenoxy) is 1. The molecule has 1 saturated heterocycles. The van der Waals surface area contributed by atoms with Gasteiger partial charge in [0.25, 0.3) is 0 Å². The number of anilines is 1. The van der Waals surface area contributed by atoms with Gasteiger partial charge in [-0.05, 0) is 31.7 Å². The van der Waals surface area contributed by atoms with Gasteiger partial charge in [0.15, 0.2) is 0 Å². The molecule has 0 bridgehead atoms. The van der Waals surface area contributed by atoms with Crippen molar-refractivity contribution in [3.05, 3.63) is 23.4 Å². The number of aromatic nitrogens is 1. The largest absolute Gasteiger partial charge is 0.381 e. The van der Waals surface area contributed by atoms with Gasteiger partial charge in [-0.3, -0.25) is 0 Å². The second-order valence-electron chi connectivity index (χ2n) is 5.08. The zero-order valence-electron chi connectivity index (χ0n) is 11.4. The maximum atomic E-state index is 5.78. The molecule has 0 saturated carbocycles. The minimum atomic E-state index is 0.542. The zero-order chi connectivity index (χ0) is 13.0. The minimum Gasteiger partial charge on any atom is -0.381 e. The summed E-state index contributed by atoms with van der Waals surface area (Å²) in [7, 11) is 2.11. The van der Waals surface area contributed by atoms with E-state index in [1.807, 2.05) is 13.0 Å². The normalized spacial score (nSPS) is 16.8. The lowest BCUT2D eigenvalue weighted by molar-refractivity contribution is 0.0685. The van der Waals surface area contributed by atoms with Gasteiger partial charge in [0.2, 0.25) is 0 Å². The Kier molecular flexibility index (Phi) is 4.55. The van der Waals surface area contributed by atoms with Crippen LogP contribution < -0.4 is 10.6 Å². The number of hydrogen-bond acceptors (Lipinski definition) is 4. The summed E-state index contributed by atoms with van der Waals surface area (Å²) in [6, 6.07) is 4.10. The maximum absolute atomic E-state index is 5.78. The Balaban J connectivity index is 2.07. The number of nitrogens with two attached hydrogens (primary N) is 1. The van der Waals surface area contributed by atoms with Crippen molar-refractivity contribution < 1.29 is 4.74 Å². The topological polar surface area (TPSA) is 51.4 Å². The molecule has 1 aromatic heterocycles. The number of pyridine rings is 1. The van der Waals surface area contributed by atoms with Crippen LogP contribution in [0.2, 0.25) is 0 Å². The van der Waals surface area contributed by atoms with Crippen LogP contribution in [0, 0.1) is 12.8 Å². The highest BCUT2D eigenvalue weighted by Gasteiger charge is 2.17. The van der Waals surface area contributed by atoms with Crippen molar-refractivity contribution in [2.24, 2.45) is 11.7 Å². The molecule has 2 N–H and O–H groups in total. The van der Waals surface area contributed by atoms with Crippen LogP contribution in [0.15, 0.2) is 12.1 Å². The maximum Gasteiger partial charge on any atom is 0.133 e. The molecule has 4 heteroatoms. The van der Waals surface area contributed by atoms with E-state index in [1.54, 1.807) is 0 Å². The van der Waals surface area contributed by atoms with Crippen LogP contribution in [-0.4, -0.2) is 31.8 Å². The summed E-state index contributed by atoms with van der Waals surface area (Å²) in [5.41, 5.74) is 7.95. The second kappa shape index (κ2) is 6.16. The standard InChI is InChI=1S/C14H23N3O/c1-11-3-4-13(9-15)14(16-11)17(2)10-12-5-7-18-8-6-12/h3-4,12H,5-10,15H2,1-2H3. The first-order valence-electron chi connectivity index (χ1n) is 6.66. The number of nitrogens with zero attached hydrogens (tertiary/aromatic N) is 2. The lowest BCUT2D eigenvalue weighted by Crippen LogP contribution is -2.31. The van der Waals surface area contributed by atoms with Gasteiger partial charge < -0.3 is 15.4 Å². The molecule has 0 spiro atoms. The van der Waals surface area contributed by atoms with Gasteiger partial charge in [-0.25, -0.2) is 4.98 Å². The van der Waals surface area contributed by atoms with Gasteiger partial charge in [0.05, 0.1) is 0 Å². The molecule has 0 atom stereocenters. The molecule has 1 aromatic rings. The minimum absolute atomic E-state index is 0.542. The van der Waals surface area contributed by atoms with Gasteiger partial charge >= 0.3 is 0 Å². The molecular formula is C14H23N3O. The SMILES string of the molecule is Cc1ccc(CN)c(N(C)CC2CCOCC2)n1. The van der Waals surface area contributed by atoms with E-state index in [9.17, 15) is 0 Å². The second-order valence-corrected chi connectivity index (χ2v) is 5.08. The van der Waals surface area contributed by atoms with Crippen LogP contribution in [0.4, 0.5) is 5.82 Å². The van der Waals surface area contributed by atoms with Crippen molar-refractivity contribution in [3.63, 3.8) is 0 Å². The van der Waals surface area contributed by atoms with Gasteiger partial charge in [-0.1, -0.05) is 6.07 Å². The van der Waals surface area contributed by atoms with Crippen molar-refractivity contribution in [3.8, 4) is 0 Å². The molecule has 18 heavy (non-hydrogen) atoms. The lowest BCUT2D eigenvalue weighted by Gasteiger charge is -2.29. The van der Waals surface area contributed by atoms with E-state index < -0.39 is 0 Å². The van der Waals surface area contributed by atoms with Crippen LogP contribution >= 0.6 is 0 Å². The molecule has 2 rings (SSSR count). The third-order valence-corrected chi connectivity index (χ3v) is 3.55. The zero-order valence-corrected chi connectivity index (χ0v) is 11.4. The van der Waals surface area contributed by atoms with Crippen LogP contribution in [0.5, 0.6) is 0 Å². The van der Waals surface area contributed by atoms with E-state index in [1.165, 1.54) is 0 Å². The summed E-state index contributed by atoms with van der Waals surface area (Å²) in [5, 5.41) is 0. The third-order valence-electron chi connectivity index (χ3n) is 3.55. The van der Waals surface area contributed by atoms with E-state index in [0.717, 1.165) is 49.7 Å². The molecule has 1 aliphatic heterocycles. The molecule has 100 valence electrons. The van der Waals surface area contributed by atoms with Crippen molar-refractivity contribution >= 4 is 5.82 Å². The van der Waals surface area contributed by atoms with Gasteiger partial charge in [-0.15, -0.1) is 0 Å². The first kappa shape index (κ1) is 13.3. The van der Waals surface area contributed by atoms with Crippen molar-refractivity contribution in [2.45, 2.75) is 26.3 Å². The number of rotatable bonds is 4. The smallest absolute Gasteiger partial charge is 0.133 e. The fourth-order valence-corrected chi connectivity index (χ4v) is 2.46. The van der Waals surface area contributed by atoms with Gasteiger partial charge in [0.1, 0.15) is 5.82 Å². The first-order chi connectivity index (χ1) is 8.70. The highest BCUT2D eigenvalue weighted by molar-refractivity contribution is 5.47. The monoisotopic (exact) mass is 249 g/mol. The molecule has 0 unspecified atom stereocenters. The third kappa shape index (κ3) is 3.21. The summed E-state index contributed by atoms with van der Waals surface area (Å²) in [5.74, 6) is 1.74. The van der Waals surface area contributed by atoms with E-state index >= 15 is 0 Å². The first-order valence-corrected chi connectivity index (χ1v) is 6.66. The van der Waals surface area contributed by atoms with E-state index in [2.05, 4.69) is 23.0 Å². The Labute approximate surface area is 109 Å². The fourth-order valence-electron chi connectivity index (χ4n) is 2.46. The van der Waals surface area contributed by atoms with Crippen molar-refractivity contribution in [2.75, 3.05) is 31.7 Å².